The summed E-state index contributed by atoms with van der Waals surface area (Å²) in [6.45, 7) is 0. The first kappa shape index (κ1) is 7.48. The fourth-order valence-electron chi connectivity index (χ4n) is 0.724. The molecule has 1 aliphatic rings. The molecule has 0 aromatic rings. The van der Waals surface area contributed by atoms with Crippen LogP contribution in [0.5, 0.6) is 0 Å². The highest BCUT2D eigenvalue weighted by Crippen LogP contribution is 2.15. The van der Waals surface area contributed by atoms with E-state index in [9.17, 15) is 5.11 Å². The van der Waals surface area contributed by atoms with Gasteiger partial charge in [0.25, 0.3) is 0 Å². The third-order valence-electron chi connectivity index (χ3n) is 1.44. The van der Waals surface area contributed by atoms with Gasteiger partial charge in [-0.15, -0.1) is 0 Å². The molecule has 0 heterocycles. The first-order valence-electron chi connectivity index (χ1n) is 3.12. The van der Waals surface area contributed by atoms with E-state index >= 15 is 0 Å². The van der Waals surface area contributed by atoms with Crippen molar-refractivity contribution in [1.29, 1.82) is 0 Å². The summed E-state index contributed by atoms with van der Waals surface area (Å²) in [6.07, 6.45) is 5.91. The van der Waals surface area contributed by atoms with Crippen molar-refractivity contribution in [2.45, 2.75) is 6.42 Å². The van der Waals surface area contributed by atoms with Crippen molar-refractivity contribution in [1.82, 2.24) is 0 Å². The molecule has 1 rings (SSSR count). The maximum absolute atomic E-state index is 9.20. The molecular weight excluding hydrogens is 146 g/mol. The highest BCUT2D eigenvalue weighted by atomic mass is 35.5. The fraction of sp³-hybridized carbons (Fsp3) is 0.143. The molecule has 0 radical (unpaired) electrons. The van der Waals surface area contributed by atoms with E-state index in [4.69, 9.17) is 11.6 Å². The van der Waals surface area contributed by atoms with Crippen LogP contribution in [0.25, 0.3) is 0 Å². The maximum atomic E-state index is 9.20. The molecule has 1 nitrogen and oxygen atoms in total. The summed E-state index contributed by atoms with van der Waals surface area (Å²) in [4.78, 5) is 0. The van der Waals surface area contributed by atoms with Gasteiger partial charge in [-0.25, -0.2) is 0 Å². The monoisotopic (exact) mass is 154 g/mol. The van der Waals surface area contributed by atoms with E-state index in [0.717, 1.165) is 5.47 Å². The Bertz CT molecular complexity index is 228. The second kappa shape index (κ2) is 2.97. The van der Waals surface area contributed by atoms with Gasteiger partial charge in [0.2, 0.25) is 0 Å². The van der Waals surface area contributed by atoms with Gasteiger partial charge in [-0.2, -0.15) is 0 Å². The summed E-state index contributed by atoms with van der Waals surface area (Å²) < 4.78 is 0. The Morgan fingerprint density at radius 1 is 1.50 bits per heavy atom. The molecule has 0 saturated heterocycles. The van der Waals surface area contributed by atoms with Crippen molar-refractivity contribution in [3.05, 3.63) is 34.5 Å². The van der Waals surface area contributed by atoms with Crippen molar-refractivity contribution in [2.24, 2.45) is 0 Å². The van der Waals surface area contributed by atoms with Crippen molar-refractivity contribution in [2.75, 3.05) is 0 Å². The number of rotatable bonds is 0. The number of allylic oxidation sites excluding steroid dienone is 5. The van der Waals surface area contributed by atoms with E-state index in [-0.39, 0.29) is 0 Å². The Morgan fingerprint density at radius 2 is 2.20 bits per heavy atom. The molecule has 0 unspecified atom stereocenters. The van der Waals surface area contributed by atoms with E-state index < -0.39 is 0 Å². The molecular formula is C7H8BClO. The van der Waals surface area contributed by atoms with Crippen molar-refractivity contribution in [3.8, 4) is 0 Å². The van der Waals surface area contributed by atoms with E-state index in [1.165, 1.54) is 0 Å². The van der Waals surface area contributed by atoms with Gasteiger partial charge in [0.15, 0.2) is 0 Å². The summed E-state index contributed by atoms with van der Waals surface area (Å²) in [6, 6.07) is 0. The molecule has 0 aromatic carbocycles. The van der Waals surface area contributed by atoms with E-state index in [1.807, 2.05) is 7.85 Å². The fourth-order valence-corrected chi connectivity index (χ4v) is 0.864. The van der Waals surface area contributed by atoms with Crippen molar-refractivity contribution in [3.63, 3.8) is 0 Å². The minimum absolute atomic E-state index is 0.395. The Kier molecular flexibility index (Phi) is 2.23. The van der Waals surface area contributed by atoms with E-state index in [2.05, 4.69) is 0 Å². The van der Waals surface area contributed by atoms with Gasteiger partial charge < -0.3 is 5.11 Å². The molecule has 0 bridgehead atoms. The van der Waals surface area contributed by atoms with Gasteiger partial charge in [-0.05, 0) is 6.08 Å². The quantitative estimate of drug-likeness (QED) is 0.524. The van der Waals surface area contributed by atoms with Crippen LogP contribution in [0.15, 0.2) is 34.5 Å². The number of hydrogen-bond acceptors (Lipinski definition) is 1. The van der Waals surface area contributed by atoms with Crippen molar-refractivity contribution >= 4 is 19.4 Å². The molecule has 0 spiro atoms. The molecule has 1 aliphatic carbocycles. The molecule has 10 heavy (non-hydrogen) atoms. The molecule has 0 aromatic heterocycles. The summed E-state index contributed by atoms with van der Waals surface area (Å²) in [5.41, 5.74) is 0.881. The number of halogens is 1. The maximum Gasteiger partial charge on any atom is 0.143 e. The molecule has 1 N–H and O–H groups in total. The lowest BCUT2D eigenvalue weighted by Crippen LogP contribution is -1.84. The summed E-state index contributed by atoms with van der Waals surface area (Å²) in [7, 11) is 1.86. The second-order valence-electron chi connectivity index (χ2n) is 2.26. The van der Waals surface area contributed by atoms with Crippen LogP contribution in [0, 0.1) is 0 Å². The lowest BCUT2D eigenvalue weighted by atomic mass is 9.94. The molecule has 0 atom stereocenters. The first-order chi connectivity index (χ1) is 4.70. The van der Waals surface area contributed by atoms with E-state index in [0.29, 0.717) is 17.2 Å². The molecule has 0 amide bonds. The van der Waals surface area contributed by atoms with Crippen LogP contribution in [-0.4, -0.2) is 13.0 Å². The van der Waals surface area contributed by atoms with Crippen LogP contribution < -0.4 is 0 Å². The molecule has 3 heteroatoms. The van der Waals surface area contributed by atoms with E-state index in [1.54, 1.807) is 18.2 Å². The molecule has 0 saturated carbocycles. The topological polar surface area (TPSA) is 20.2 Å². The minimum atomic E-state index is 0.395. The van der Waals surface area contributed by atoms with Gasteiger partial charge in [0, 0.05) is 11.5 Å². The zero-order valence-corrected chi connectivity index (χ0v) is 6.52. The Hall–Kier alpha value is -0.625. The summed E-state index contributed by atoms with van der Waals surface area (Å²) >= 11 is 5.69. The van der Waals surface area contributed by atoms with Crippen LogP contribution in [0.4, 0.5) is 0 Å². The molecule has 0 aliphatic heterocycles. The SMILES string of the molecule is BC1=C(O)CC=C(Cl)C=C1. The van der Waals surface area contributed by atoms with Gasteiger partial charge in [-0.1, -0.05) is 29.2 Å². The van der Waals surface area contributed by atoms with Crippen molar-refractivity contribution < 1.29 is 5.11 Å². The lowest BCUT2D eigenvalue weighted by Gasteiger charge is -1.94. The first-order valence-corrected chi connectivity index (χ1v) is 3.50. The normalized spacial score (nSPS) is 18.7. The number of aliphatic hydroxyl groups is 1. The Labute approximate surface area is 66.1 Å². The zero-order valence-electron chi connectivity index (χ0n) is 5.76. The third-order valence-corrected chi connectivity index (χ3v) is 1.72. The number of aliphatic hydroxyl groups excluding tert-OH is 1. The average molecular weight is 154 g/mol. The standard InChI is InChI=1S/C7H8BClO/c8-6-3-1-5(9)2-4-7(6)10/h1-3,10H,4,8H2. The zero-order chi connectivity index (χ0) is 7.56. The number of hydrogen-bond donors (Lipinski definition) is 1. The van der Waals surface area contributed by atoms with Crippen LogP contribution >= 0.6 is 11.6 Å². The Balaban J connectivity index is 2.89. The van der Waals surface area contributed by atoms with Gasteiger partial charge >= 0.3 is 0 Å². The van der Waals surface area contributed by atoms with Gasteiger partial charge in [0.05, 0.1) is 5.76 Å². The second-order valence-corrected chi connectivity index (χ2v) is 2.69. The lowest BCUT2D eigenvalue weighted by molar-refractivity contribution is 0.400. The predicted octanol–water partition coefficient (Wildman–Crippen LogP) is 1.47. The summed E-state index contributed by atoms with van der Waals surface area (Å²) in [5.74, 6) is 0.395. The molecule has 52 valence electrons. The average Bonchev–Trinajstić information content (AvgIpc) is 2.04. The van der Waals surface area contributed by atoms with Gasteiger partial charge in [-0.3, -0.25) is 0 Å². The smallest absolute Gasteiger partial charge is 0.143 e. The summed E-state index contributed by atoms with van der Waals surface area (Å²) in [5, 5.41) is 9.88. The van der Waals surface area contributed by atoms with Crippen LogP contribution in [0.3, 0.4) is 0 Å². The van der Waals surface area contributed by atoms with Crippen LogP contribution in [-0.2, 0) is 0 Å². The highest BCUT2D eigenvalue weighted by molar-refractivity contribution is 6.31. The minimum Gasteiger partial charge on any atom is -0.513 e. The largest absolute Gasteiger partial charge is 0.513 e. The van der Waals surface area contributed by atoms with Gasteiger partial charge in [0.1, 0.15) is 7.85 Å². The molecule has 0 fully saturated rings. The highest BCUT2D eigenvalue weighted by Gasteiger charge is 1.99. The van der Waals surface area contributed by atoms with Crippen LogP contribution in [0.2, 0.25) is 0 Å². The predicted molar refractivity (Wildman–Crippen MR) is 45.9 cm³/mol. The third kappa shape index (κ3) is 1.68. The Morgan fingerprint density at radius 3 is 2.90 bits per heavy atom. The van der Waals surface area contributed by atoms with Crippen LogP contribution in [0.1, 0.15) is 6.42 Å².